The first kappa shape index (κ1) is 29.7. The first-order valence-corrected chi connectivity index (χ1v) is 17.6. The fourth-order valence-electron chi connectivity index (χ4n) is 8.24. The predicted molar refractivity (Wildman–Crippen MR) is 216 cm³/mol. The van der Waals surface area contributed by atoms with Gasteiger partial charge in [-0.05, 0) is 58.7 Å². The summed E-state index contributed by atoms with van der Waals surface area (Å²) in [6.45, 7) is 0. The second-order valence-corrected chi connectivity index (χ2v) is 13.2. The van der Waals surface area contributed by atoms with Crippen LogP contribution in [0.5, 0.6) is 0 Å². The molecule has 0 aliphatic rings. The van der Waals surface area contributed by atoms with E-state index in [-0.39, 0.29) is 0 Å². The lowest BCUT2D eigenvalue weighted by Crippen LogP contribution is -1.99. The maximum atomic E-state index is 10.2. The maximum Gasteiger partial charge on any atom is 0.101 e. The topological polar surface area (TPSA) is 33.6 Å². The van der Waals surface area contributed by atoms with E-state index in [0.29, 0.717) is 5.56 Å². The molecule has 52 heavy (non-hydrogen) atoms. The molecule has 3 nitrogen and oxygen atoms in total. The molecule has 10 rings (SSSR count). The number of fused-ring (bicyclic) bond motifs is 6. The van der Waals surface area contributed by atoms with Crippen molar-refractivity contribution in [3.63, 3.8) is 0 Å². The SMILES string of the molecule is N#Cc1ccccc1-n1c2ccccc2c2cccc(-c3ccccc3-c3ccccc3-c3cccc4c5ccccc5n(-c5ccccc5)c34)c21. The minimum Gasteiger partial charge on any atom is -0.309 e. The summed E-state index contributed by atoms with van der Waals surface area (Å²) in [6.07, 6.45) is 0. The van der Waals surface area contributed by atoms with Gasteiger partial charge in [0.25, 0.3) is 0 Å². The minimum atomic E-state index is 0.639. The van der Waals surface area contributed by atoms with Crippen molar-refractivity contribution in [3.05, 3.63) is 194 Å². The number of rotatable bonds is 5. The second kappa shape index (κ2) is 12.0. The summed E-state index contributed by atoms with van der Waals surface area (Å²) < 4.78 is 4.69. The van der Waals surface area contributed by atoms with E-state index in [1.54, 1.807) is 0 Å². The number of hydrogen-bond acceptors (Lipinski definition) is 1. The number of benzene rings is 8. The van der Waals surface area contributed by atoms with Crippen molar-refractivity contribution in [2.24, 2.45) is 0 Å². The Bertz CT molecular complexity index is 3030. The first-order valence-electron chi connectivity index (χ1n) is 17.6. The summed E-state index contributed by atoms with van der Waals surface area (Å²) in [6, 6.07) is 69.0. The highest BCUT2D eigenvalue weighted by Crippen LogP contribution is 2.45. The smallest absolute Gasteiger partial charge is 0.101 e. The number of nitrogens with zero attached hydrogens (tertiary/aromatic N) is 3. The molecule has 2 heterocycles. The molecule has 0 fully saturated rings. The molecular weight excluding hydrogens is 631 g/mol. The fourth-order valence-corrected chi connectivity index (χ4v) is 8.24. The fraction of sp³-hybridized carbons (Fsp3) is 0. The molecule has 0 unspecified atom stereocenters. The quantitative estimate of drug-likeness (QED) is 0.181. The molecule has 0 radical (unpaired) electrons. The molecule has 3 heteroatoms. The standard InChI is InChI=1S/C49H31N3/c50-32-33-16-4-11-29-45(33)52-47-31-13-10-24-40(47)44-28-15-26-42(49(44)52)38-22-8-6-20-36(38)35-19-5-7-21-37(35)41-25-14-27-43-39-23-9-12-30-46(39)51(48(41)43)34-17-2-1-3-18-34/h1-31H. The molecule has 0 spiro atoms. The molecule has 0 saturated carbocycles. The van der Waals surface area contributed by atoms with Crippen LogP contribution in [0.25, 0.3) is 88.4 Å². The van der Waals surface area contributed by atoms with Crippen LogP contribution in [0.2, 0.25) is 0 Å². The third-order valence-corrected chi connectivity index (χ3v) is 10.4. The molecule has 0 aliphatic heterocycles. The number of aromatic nitrogens is 2. The van der Waals surface area contributed by atoms with Crippen LogP contribution in [0.3, 0.4) is 0 Å². The normalized spacial score (nSPS) is 11.4. The van der Waals surface area contributed by atoms with Gasteiger partial charge in [0, 0.05) is 38.4 Å². The molecule has 242 valence electrons. The van der Waals surface area contributed by atoms with Gasteiger partial charge in [0.05, 0.1) is 33.3 Å². The number of para-hydroxylation sites is 6. The van der Waals surface area contributed by atoms with Crippen molar-refractivity contribution in [2.75, 3.05) is 0 Å². The van der Waals surface area contributed by atoms with Crippen LogP contribution in [0.15, 0.2) is 188 Å². The lowest BCUT2D eigenvalue weighted by Gasteiger charge is -2.18. The zero-order chi connectivity index (χ0) is 34.6. The second-order valence-electron chi connectivity index (χ2n) is 13.2. The van der Waals surface area contributed by atoms with Crippen LogP contribution in [0.4, 0.5) is 0 Å². The van der Waals surface area contributed by atoms with Gasteiger partial charge in [0.2, 0.25) is 0 Å². The number of nitriles is 1. The summed E-state index contributed by atoms with van der Waals surface area (Å²) >= 11 is 0. The summed E-state index contributed by atoms with van der Waals surface area (Å²) in [5.41, 5.74) is 14.1. The lowest BCUT2D eigenvalue weighted by molar-refractivity contribution is 1.17. The van der Waals surface area contributed by atoms with Gasteiger partial charge in [-0.25, -0.2) is 0 Å². The zero-order valence-electron chi connectivity index (χ0n) is 28.2. The number of hydrogen-bond donors (Lipinski definition) is 0. The molecule has 0 bridgehead atoms. The van der Waals surface area contributed by atoms with E-state index in [1.165, 1.54) is 32.9 Å². The average molecular weight is 662 g/mol. The highest BCUT2D eigenvalue weighted by Gasteiger charge is 2.22. The van der Waals surface area contributed by atoms with E-state index in [2.05, 4.69) is 185 Å². The lowest BCUT2D eigenvalue weighted by atomic mass is 9.88. The van der Waals surface area contributed by atoms with Crippen LogP contribution in [-0.4, -0.2) is 9.13 Å². The van der Waals surface area contributed by atoms with Crippen molar-refractivity contribution < 1.29 is 0 Å². The van der Waals surface area contributed by atoms with E-state index in [0.717, 1.165) is 55.4 Å². The van der Waals surface area contributed by atoms with Gasteiger partial charge >= 0.3 is 0 Å². The van der Waals surface area contributed by atoms with Gasteiger partial charge in [0.15, 0.2) is 0 Å². The summed E-state index contributed by atoms with van der Waals surface area (Å²) in [4.78, 5) is 0. The molecule has 0 saturated heterocycles. The van der Waals surface area contributed by atoms with Crippen LogP contribution >= 0.6 is 0 Å². The van der Waals surface area contributed by atoms with Gasteiger partial charge in [-0.2, -0.15) is 5.26 Å². The van der Waals surface area contributed by atoms with Gasteiger partial charge in [-0.15, -0.1) is 0 Å². The van der Waals surface area contributed by atoms with Crippen molar-refractivity contribution in [3.8, 4) is 50.8 Å². The Morgan fingerprint density at radius 3 is 1.31 bits per heavy atom. The summed E-state index contributed by atoms with van der Waals surface area (Å²) in [5.74, 6) is 0. The van der Waals surface area contributed by atoms with Crippen LogP contribution in [-0.2, 0) is 0 Å². The zero-order valence-corrected chi connectivity index (χ0v) is 28.2. The van der Waals surface area contributed by atoms with Crippen LogP contribution in [0, 0.1) is 11.3 Å². The third kappa shape index (κ3) is 4.45. The predicted octanol–water partition coefficient (Wildman–Crippen LogP) is 12.8. The highest BCUT2D eigenvalue weighted by atomic mass is 15.0. The first-order chi connectivity index (χ1) is 25.8. The summed E-state index contributed by atoms with van der Waals surface area (Å²) in [5, 5.41) is 15.0. The summed E-state index contributed by atoms with van der Waals surface area (Å²) in [7, 11) is 0. The Kier molecular flexibility index (Phi) is 6.87. The van der Waals surface area contributed by atoms with Crippen molar-refractivity contribution in [1.82, 2.24) is 9.13 Å². The minimum absolute atomic E-state index is 0.639. The third-order valence-electron chi connectivity index (χ3n) is 10.4. The molecule has 0 N–H and O–H groups in total. The van der Waals surface area contributed by atoms with E-state index >= 15 is 0 Å². The largest absolute Gasteiger partial charge is 0.309 e. The molecule has 8 aromatic carbocycles. The van der Waals surface area contributed by atoms with Gasteiger partial charge < -0.3 is 9.13 Å². The molecular formula is C49H31N3. The Morgan fingerprint density at radius 1 is 0.327 bits per heavy atom. The van der Waals surface area contributed by atoms with Crippen molar-refractivity contribution in [2.45, 2.75) is 0 Å². The Hall–Kier alpha value is -7.15. The van der Waals surface area contributed by atoms with Gasteiger partial charge in [-0.1, -0.05) is 152 Å². The Morgan fingerprint density at radius 2 is 0.731 bits per heavy atom. The maximum absolute atomic E-state index is 10.2. The molecule has 0 atom stereocenters. The highest BCUT2D eigenvalue weighted by molar-refractivity contribution is 6.17. The van der Waals surface area contributed by atoms with E-state index in [1.807, 2.05) is 18.2 Å². The molecule has 2 aromatic heterocycles. The van der Waals surface area contributed by atoms with Crippen molar-refractivity contribution in [1.29, 1.82) is 5.26 Å². The Labute approximate surface area is 301 Å². The van der Waals surface area contributed by atoms with E-state index in [9.17, 15) is 5.26 Å². The van der Waals surface area contributed by atoms with E-state index < -0.39 is 0 Å². The molecule has 10 aromatic rings. The van der Waals surface area contributed by atoms with Gasteiger partial charge in [0.1, 0.15) is 6.07 Å². The van der Waals surface area contributed by atoms with Crippen LogP contribution in [0.1, 0.15) is 5.56 Å². The monoisotopic (exact) mass is 661 g/mol. The molecule has 0 amide bonds. The van der Waals surface area contributed by atoms with Gasteiger partial charge in [-0.3, -0.25) is 0 Å². The van der Waals surface area contributed by atoms with E-state index in [4.69, 9.17) is 0 Å². The van der Waals surface area contributed by atoms with Crippen LogP contribution < -0.4 is 0 Å². The van der Waals surface area contributed by atoms with Crippen molar-refractivity contribution >= 4 is 43.6 Å². The molecule has 0 aliphatic carbocycles. The average Bonchev–Trinajstić information content (AvgIpc) is 3.74. The Balaban J connectivity index is 1.27.